The molecule has 0 bridgehead atoms. The predicted octanol–water partition coefficient (Wildman–Crippen LogP) is 2.08. The number of carbonyl (C=O) groups is 1. The van der Waals surface area contributed by atoms with Gasteiger partial charge in [-0.05, 0) is 19.3 Å². The highest BCUT2D eigenvalue weighted by molar-refractivity contribution is 7.87. The summed E-state index contributed by atoms with van der Waals surface area (Å²) in [7, 11) is -3.69. The first-order valence-corrected chi connectivity index (χ1v) is 10.1. The van der Waals surface area contributed by atoms with Crippen molar-refractivity contribution in [3.63, 3.8) is 0 Å². The average molecular weight is 384 g/mol. The molecule has 2 rings (SSSR count). The van der Waals surface area contributed by atoms with Crippen LogP contribution in [-0.2, 0) is 10.2 Å². The normalized spacial score (nSPS) is 12.7. The van der Waals surface area contributed by atoms with Crippen LogP contribution in [-0.4, -0.2) is 31.1 Å². The summed E-state index contributed by atoms with van der Waals surface area (Å²) >= 11 is 1.39. The van der Waals surface area contributed by atoms with Gasteiger partial charge < -0.3 is 10.4 Å². The van der Waals surface area contributed by atoms with Gasteiger partial charge in [0.2, 0.25) is 0 Å². The summed E-state index contributed by atoms with van der Waals surface area (Å²) in [5.41, 5.74) is 1.77. The van der Waals surface area contributed by atoms with Crippen molar-refractivity contribution < 1.29 is 18.3 Å². The van der Waals surface area contributed by atoms with Crippen molar-refractivity contribution in [1.82, 2.24) is 15.0 Å². The Kier molecular flexibility index (Phi) is 6.88. The van der Waals surface area contributed by atoms with E-state index in [2.05, 4.69) is 15.0 Å². The van der Waals surface area contributed by atoms with Gasteiger partial charge in [0.1, 0.15) is 5.01 Å². The Hall–Kier alpha value is -2.01. The standard InChI is InChI=1S/C15H20N4O4S2/c16-25(22,23)17-9-5-4-8-12(19-15(20)21)14-18-13(10-24-14)11-6-2-1-3-7-11/h1-3,6-7,10,12,17,19H,4-5,8-9H2,(H,20,21)(H2,16,22,23). The molecule has 1 aromatic heterocycles. The number of aromatic nitrogens is 1. The minimum atomic E-state index is -3.69. The van der Waals surface area contributed by atoms with Crippen LogP contribution >= 0.6 is 11.3 Å². The average Bonchev–Trinajstić information content (AvgIpc) is 3.03. The topological polar surface area (TPSA) is 134 Å². The second-order valence-corrected chi connectivity index (χ2v) is 7.64. The Morgan fingerprint density at radius 3 is 2.64 bits per heavy atom. The molecule has 10 heteroatoms. The molecule has 0 aliphatic rings. The molecule has 8 nitrogen and oxygen atoms in total. The molecule has 0 spiro atoms. The number of nitrogens with two attached hydrogens (primary N) is 1. The number of amides is 1. The maximum absolute atomic E-state index is 11.0. The summed E-state index contributed by atoms with van der Waals surface area (Å²) < 4.78 is 23.8. The summed E-state index contributed by atoms with van der Waals surface area (Å²) in [5, 5.41) is 18.9. The summed E-state index contributed by atoms with van der Waals surface area (Å²) in [6.45, 7) is 0.214. The Balaban J connectivity index is 1.98. The Morgan fingerprint density at radius 1 is 1.28 bits per heavy atom. The van der Waals surface area contributed by atoms with Crippen molar-refractivity contribution in [1.29, 1.82) is 0 Å². The fourth-order valence-electron chi connectivity index (χ4n) is 2.28. The van der Waals surface area contributed by atoms with E-state index in [1.165, 1.54) is 11.3 Å². The quantitative estimate of drug-likeness (QED) is 0.491. The lowest BCUT2D eigenvalue weighted by Crippen LogP contribution is -2.31. The third kappa shape index (κ3) is 6.78. The Labute approximate surface area is 150 Å². The smallest absolute Gasteiger partial charge is 0.405 e. The molecule has 1 amide bonds. The Bertz CT molecular complexity index is 793. The lowest BCUT2D eigenvalue weighted by atomic mass is 10.1. The number of rotatable bonds is 9. The van der Waals surface area contributed by atoms with Gasteiger partial charge in [-0.2, -0.15) is 8.42 Å². The monoisotopic (exact) mass is 384 g/mol. The highest BCUT2D eigenvalue weighted by Gasteiger charge is 2.18. The molecule has 0 aliphatic heterocycles. The number of nitrogens with zero attached hydrogens (tertiary/aromatic N) is 1. The van der Waals surface area contributed by atoms with E-state index in [-0.39, 0.29) is 6.54 Å². The van der Waals surface area contributed by atoms with E-state index in [0.717, 1.165) is 11.3 Å². The van der Waals surface area contributed by atoms with Crippen LogP contribution in [0.1, 0.15) is 30.3 Å². The zero-order valence-corrected chi connectivity index (χ0v) is 15.0. The third-order valence-corrected chi connectivity index (χ3v) is 4.98. The molecule has 0 saturated heterocycles. The van der Waals surface area contributed by atoms with Gasteiger partial charge in [-0.25, -0.2) is 19.6 Å². The van der Waals surface area contributed by atoms with Gasteiger partial charge in [0, 0.05) is 17.5 Å². The molecule has 0 fully saturated rings. The number of nitrogens with one attached hydrogen (secondary N) is 2. The molecule has 136 valence electrons. The molecular formula is C15H20N4O4S2. The molecule has 1 unspecified atom stereocenters. The van der Waals surface area contributed by atoms with Crippen LogP contribution in [0, 0.1) is 0 Å². The molecule has 1 atom stereocenters. The number of hydrogen-bond donors (Lipinski definition) is 4. The first-order chi connectivity index (χ1) is 11.8. The highest BCUT2D eigenvalue weighted by atomic mass is 32.2. The van der Waals surface area contributed by atoms with Crippen molar-refractivity contribution in [3.8, 4) is 11.3 Å². The molecule has 1 heterocycles. The number of benzene rings is 1. The van der Waals surface area contributed by atoms with Crippen LogP contribution in [0.5, 0.6) is 0 Å². The van der Waals surface area contributed by atoms with Crippen LogP contribution < -0.4 is 15.2 Å². The molecule has 0 saturated carbocycles. The predicted molar refractivity (Wildman–Crippen MR) is 96.4 cm³/mol. The van der Waals surface area contributed by atoms with Crippen molar-refractivity contribution in [2.24, 2.45) is 5.14 Å². The lowest BCUT2D eigenvalue weighted by Gasteiger charge is -2.14. The van der Waals surface area contributed by atoms with E-state index >= 15 is 0 Å². The SMILES string of the molecule is NS(=O)(=O)NCCCCC(NC(=O)O)c1nc(-c2ccccc2)cs1. The lowest BCUT2D eigenvalue weighted by molar-refractivity contribution is 0.189. The summed E-state index contributed by atoms with van der Waals surface area (Å²) in [6, 6.07) is 9.20. The number of hydrogen-bond acceptors (Lipinski definition) is 5. The van der Waals surface area contributed by atoms with Crippen LogP contribution in [0.3, 0.4) is 0 Å². The van der Waals surface area contributed by atoms with Crippen LogP contribution in [0.25, 0.3) is 11.3 Å². The number of unbranched alkanes of at least 4 members (excludes halogenated alkanes) is 1. The fraction of sp³-hybridized carbons (Fsp3) is 0.333. The zero-order valence-electron chi connectivity index (χ0n) is 13.4. The zero-order chi connectivity index (χ0) is 18.3. The molecular weight excluding hydrogens is 364 g/mol. The molecule has 25 heavy (non-hydrogen) atoms. The second-order valence-electron chi connectivity index (χ2n) is 5.37. The first kappa shape index (κ1) is 19.3. The minimum absolute atomic E-state index is 0.214. The van der Waals surface area contributed by atoms with Crippen molar-refractivity contribution in [3.05, 3.63) is 40.7 Å². The van der Waals surface area contributed by atoms with Crippen LogP contribution in [0.15, 0.2) is 35.7 Å². The van der Waals surface area contributed by atoms with Crippen LogP contribution in [0.2, 0.25) is 0 Å². The largest absolute Gasteiger partial charge is 0.465 e. The van der Waals surface area contributed by atoms with Gasteiger partial charge in [0.15, 0.2) is 0 Å². The maximum Gasteiger partial charge on any atom is 0.405 e. The number of carboxylic acid groups (broad SMARTS) is 1. The molecule has 2 aromatic rings. The van der Waals surface area contributed by atoms with E-state index < -0.39 is 22.3 Å². The molecule has 1 aromatic carbocycles. The third-order valence-electron chi connectivity index (χ3n) is 3.41. The van der Waals surface area contributed by atoms with Crippen molar-refractivity contribution in [2.45, 2.75) is 25.3 Å². The van der Waals surface area contributed by atoms with Gasteiger partial charge in [-0.15, -0.1) is 11.3 Å². The molecule has 0 aliphatic carbocycles. The summed E-state index contributed by atoms with van der Waals surface area (Å²) in [4.78, 5) is 15.6. The van der Waals surface area contributed by atoms with E-state index in [9.17, 15) is 13.2 Å². The summed E-state index contributed by atoms with van der Waals surface area (Å²) in [5.74, 6) is 0. The highest BCUT2D eigenvalue weighted by Crippen LogP contribution is 2.28. The van der Waals surface area contributed by atoms with E-state index in [4.69, 9.17) is 10.2 Å². The van der Waals surface area contributed by atoms with Crippen molar-refractivity contribution >= 4 is 27.6 Å². The molecule has 5 N–H and O–H groups in total. The van der Waals surface area contributed by atoms with Crippen molar-refractivity contribution in [2.75, 3.05) is 6.54 Å². The van der Waals surface area contributed by atoms with Gasteiger partial charge in [-0.3, -0.25) is 0 Å². The number of thiazole rings is 1. The van der Waals surface area contributed by atoms with E-state index in [1.807, 2.05) is 35.7 Å². The molecule has 0 radical (unpaired) electrons. The van der Waals surface area contributed by atoms with Gasteiger partial charge in [-0.1, -0.05) is 30.3 Å². The fourth-order valence-corrected chi connectivity index (χ4v) is 3.63. The first-order valence-electron chi connectivity index (χ1n) is 7.63. The maximum atomic E-state index is 11.0. The van der Waals surface area contributed by atoms with Crippen LogP contribution in [0.4, 0.5) is 4.79 Å². The van der Waals surface area contributed by atoms with Gasteiger partial charge >= 0.3 is 6.09 Å². The van der Waals surface area contributed by atoms with E-state index in [0.29, 0.717) is 24.3 Å². The van der Waals surface area contributed by atoms with Gasteiger partial charge in [0.05, 0.1) is 11.7 Å². The summed E-state index contributed by atoms with van der Waals surface area (Å²) in [6.07, 6.45) is 0.559. The van der Waals surface area contributed by atoms with Gasteiger partial charge in [0.25, 0.3) is 10.2 Å². The minimum Gasteiger partial charge on any atom is -0.465 e. The second kappa shape index (κ2) is 8.90. The Morgan fingerprint density at radius 2 is 2.00 bits per heavy atom. The van der Waals surface area contributed by atoms with E-state index in [1.54, 1.807) is 0 Å².